The third-order valence-corrected chi connectivity index (χ3v) is 2.23. The molecule has 0 aromatic heterocycles. The molecule has 7 heteroatoms. The molecule has 0 radical (unpaired) electrons. The Bertz CT molecular complexity index is 413. The first kappa shape index (κ1) is 13.3. The lowest BCUT2D eigenvalue weighted by Crippen LogP contribution is -2.49. The van der Waals surface area contributed by atoms with E-state index in [1.165, 1.54) is 7.11 Å². The zero-order valence-corrected chi connectivity index (χ0v) is 8.65. The summed E-state index contributed by atoms with van der Waals surface area (Å²) in [5, 5.41) is 17.8. The van der Waals surface area contributed by atoms with E-state index in [0.29, 0.717) is 0 Å². The van der Waals surface area contributed by atoms with Crippen molar-refractivity contribution >= 4 is 5.97 Å². The normalized spacial score (nSPS) is 15.1. The number of rotatable bonds is 3. The third-order valence-electron chi connectivity index (χ3n) is 2.23. The first-order valence-corrected chi connectivity index (χ1v) is 4.40. The molecule has 1 aromatic carbocycles. The largest absolute Gasteiger partial charge is 0.497 e. The van der Waals surface area contributed by atoms with Crippen LogP contribution in [0.4, 0.5) is 13.2 Å². The van der Waals surface area contributed by atoms with Gasteiger partial charge in [0.1, 0.15) is 5.75 Å². The maximum atomic E-state index is 12.6. The molecule has 1 aromatic rings. The quantitative estimate of drug-likeness (QED) is 0.853. The molecular formula is C10H9F3O4. The molecule has 0 spiro atoms. The Morgan fingerprint density at radius 2 is 1.71 bits per heavy atom. The molecule has 0 saturated heterocycles. The fourth-order valence-corrected chi connectivity index (χ4v) is 1.24. The molecular weight excluding hydrogens is 241 g/mol. The summed E-state index contributed by atoms with van der Waals surface area (Å²) in [7, 11) is 1.31. The van der Waals surface area contributed by atoms with Gasteiger partial charge >= 0.3 is 12.1 Å². The predicted octanol–water partition coefficient (Wildman–Crippen LogP) is 1.53. The smallest absolute Gasteiger partial charge is 0.432 e. The molecule has 0 fully saturated rings. The molecule has 2 N–H and O–H groups in total. The van der Waals surface area contributed by atoms with E-state index in [1.807, 2.05) is 0 Å². The number of aliphatic hydroxyl groups is 1. The summed E-state index contributed by atoms with van der Waals surface area (Å²) in [6.45, 7) is 0. The van der Waals surface area contributed by atoms with Gasteiger partial charge in [-0.1, -0.05) is 12.1 Å². The standard InChI is InChI=1S/C10H9F3O4/c1-17-7-4-2-6(3-5-7)9(16,8(14)15)10(11,12)13/h2-5,16H,1H3,(H,14,15)/t9-/m0/s1. The fourth-order valence-electron chi connectivity index (χ4n) is 1.24. The van der Waals surface area contributed by atoms with Crippen LogP contribution in [0.1, 0.15) is 5.56 Å². The average Bonchev–Trinajstić information content (AvgIpc) is 2.26. The molecule has 94 valence electrons. The van der Waals surface area contributed by atoms with E-state index in [0.717, 1.165) is 24.3 Å². The Morgan fingerprint density at radius 3 is 2.00 bits per heavy atom. The van der Waals surface area contributed by atoms with Crippen LogP contribution in [0.25, 0.3) is 0 Å². The highest BCUT2D eigenvalue weighted by molar-refractivity contribution is 5.80. The van der Waals surface area contributed by atoms with Crippen LogP contribution >= 0.6 is 0 Å². The number of carboxylic acid groups (broad SMARTS) is 1. The second-order valence-corrected chi connectivity index (χ2v) is 3.24. The van der Waals surface area contributed by atoms with Gasteiger partial charge in [0.25, 0.3) is 5.60 Å². The van der Waals surface area contributed by atoms with Crippen molar-refractivity contribution in [2.45, 2.75) is 11.8 Å². The number of alkyl halides is 3. The third kappa shape index (κ3) is 2.19. The SMILES string of the molecule is COc1ccc([C@](O)(C(=O)O)C(F)(F)F)cc1. The number of carbonyl (C=O) groups is 1. The first-order valence-electron chi connectivity index (χ1n) is 4.40. The number of hydrogen-bond acceptors (Lipinski definition) is 3. The summed E-state index contributed by atoms with van der Waals surface area (Å²) in [6, 6.07) is 3.96. The van der Waals surface area contributed by atoms with Gasteiger partial charge in [-0.2, -0.15) is 13.2 Å². The molecule has 0 aliphatic carbocycles. The van der Waals surface area contributed by atoms with Crippen molar-refractivity contribution in [1.82, 2.24) is 0 Å². The maximum absolute atomic E-state index is 12.6. The molecule has 1 rings (SSSR count). The highest BCUT2D eigenvalue weighted by Crippen LogP contribution is 2.39. The number of halogens is 3. The van der Waals surface area contributed by atoms with Crippen LogP contribution in [0.5, 0.6) is 5.75 Å². The molecule has 1 atom stereocenters. The Labute approximate surface area is 94.3 Å². The van der Waals surface area contributed by atoms with E-state index in [9.17, 15) is 23.1 Å². The summed E-state index contributed by atoms with van der Waals surface area (Å²) in [5.41, 5.74) is -4.70. The minimum Gasteiger partial charge on any atom is -0.497 e. The summed E-state index contributed by atoms with van der Waals surface area (Å²) >= 11 is 0. The monoisotopic (exact) mass is 250 g/mol. The Hall–Kier alpha value is -1.76. The second-order valence-electron chi connectivity index (χ2n) is 3.24. The fraction of sp³-hybridized carbons (Fsp3) is 0.300. The average molecular weight is 250 g/mol. The summed E-state index contributed by atoms with van der Waals surface area (Å²) < 4.78 is 42.4. The Balaban J connectivity index is 3.29. The first-order chi connectivity index (χ1) is 7.73. The lowest BCUT2D eigenvalue weighted by Gasteiger charge is -2.26. The number of ether oxygens (including phenoxy) is 1. The molecule has 0 unspecified atom stereocenters. The molecule has 0 aliphatic rings. The van der Waals surface area contributed by atoms with Crippen molar-refractivity contribution in [1.29, 1.82) is 0 Å². The van der Waals surface area contributed by atoms with E-state index >= 15 is 0 Å². The van der Waals surface area contributed by atoms with E-state index in [-0.39, 0.29) is 5.75 Å². The highest BCUT2D eigenvalue weighted by atomic mass is 19.4. The van der Waals surface area contributed by atoms with E-state index in [2.05, 4.69) is 0 Å². The van der Waals surface area contributed by atoms with Gasteiger partial charge in [-0.15, -0.1) is 0 Å². The topological polar surface area (TPSA) is 66.8 Å². The van der Waals surface area contributed by atoms with E-state index < -0.39 is 23.3 Å². The maximum Gasteiger partial charge on any atom is 0.432 e. The number of benzene rings is 1. The number of carboxylic acids is 1. The molecule has 0 saturated carbocycles. The second kappa shape index (κ2) is 4.25. The van der Waals surface area contributed by atoms with Gasteiger partial charge in [0.2, 0.25) is 0 Å². The van der Waals surface area contributed by atoms with Crippen LogP contribution in [-0.2, 0) is 10.4 Å². The molecule has 0 aliphatic heterocycles. The number of aliphatic carboxylic acids is 1. The zero-order valence-electron chi connectivity index (χ0n) is 8.65. The highest BCUT2D eigenvalue weighted by Gasteiger charge is 2.61. The van der Waals surface area contributed by atoms with Gasteiger partial charge in [-0.25, -0.2) is 4.79 Å². The van der Waals surface area contributed by atoms with Crippen molar-refractivity contribution < 1.29 is 32.9 Å². The predicted molar refractivity (Wildman–Crippen MR) is 50.6 cm³/mol. The van der Waals surface area contributed by atoms with Crippen molar-refractivity contribution in [2.75, 3.05) is 7.11 Å². The van der Waals surface area contributed by atoms with Gasteiger partial charge in [0.15, 0.2) is 0 Å². The van der Waals surface area contributed by atoms with Crippen LogP contribution in [0.2, 0.25) is 0 Å². The van der Waals surface area contributed by atoms with Crippen LogP contribution < -0.4 is 4.74 Å². The van der Waals surface area contributed by atoms with Gasteiger partial charge in [0.05, 0.1) is 7.11 Å². The summed E-state index contributed by atoms with van der Waals surface area (Å²) in [5.74, 6) is -2.13. The molecule has 4 nitrogen and oxygen atoms in total. The minimum absolute atomic E-state index is 0.253. The van der Waals surface area contributed by atoms with Gasteiger partial charge in [-0.3, -0.25) is 0 Å². The van der Waals surface area contributed by atoms with Gasteiger partial charge in [-0.05, 0) is 12.1 Å². The Morgan fingerprint density at radius 1 is 1.24 bits per heavy atom. The molecule has 0 amide bonds. The Kier molecular flexibility index (Phi) is 3.33. The van der Waals surface area contributed by atoms with Gasteiger partial charge in [0, 0.05) is 5.56 Å². The van der Waals surface area contributed by atoms with Crippen molar-refractivity contribution in [3.63, 3.8) is 0 Å². The zero-order chi connectivity index (χ0) is 13.3. The van der Waals surface area contributed by atoms with Crippen LogP contribution in [-0.4, -0.2) is 29.5 Å². The van der Waals surface area contributed by atoms with Crippen LogP contribution in [0, 0.1) is 0 Å². The van der Waals surface area contributed by atoms with Crippen molar-refractivity contribution in [3.8, 4) is 5.75 Å². The van der Waals surface area contributed by atoms with Crippen molar-refractivity contribution in [3.05, 3.63) is 29.8 Å². The molecule has 17 heavy (non-hydrogen) atoms. The van der Waals surface area contributed by atoms with E-state index in [4.69, 9.17) is 9.84 Å². The molecule has 0 bridgehead atoms. The van der Waals surface area contributed by atoms with Crippen LogP contribution in [0.3, 0.4) is 0 Å². The minimum atomic E-state index is -5.31. The summed E-state index contributed by atoms with van der Waals surface area (Å²) in [4.78, 5) is 10.6. The van der Waals surface area contributed by atoms with E-state index in [1.54, 1.807) is 0 Å². The number of methoxy groups -OCH3 is 1. The van der Waals surface area contributed by atoms with Crippen LogP contribution in [0.15, 0.2) is 24.3 Å². The lowest BCUT2D eigenvalue weighted by molar-refractivity contribution is -0.265. The lowest BCUT2D eigenvalue weighted by atomic mass is 9.93. The summed E-state index contributed by atoms with van der Waals surface area (Å²) in [6.07, 6.45) is -5.31. The van der Waals surface area contributed by atoms with Gasteiger partial charge < -0.3 is 14.9 Å². The van der Waals surface area contributed by atoms with Crippen molar-refractivity contribution in [2.24, 2.45) is 0 Å². The molecule has 0 heterocycles. The number of hydrogen-bond donors (Lipinski definition) is 2.